The second-order valence-electron chi connectivity index (χ2n) is 8.41. The minimum absolute atomic E-state index is 0.0527. The van der Waals surface area contributed by atoms with E-state index in [-0.39, 0.29) is 23.5 Å². The molecule has 0 saturated heterocycles. The summed E-state index contributed by atoms with van der Waals surface area (Å²) in [6.07, 6.45) is 0.510. The van der Waals surface area contributed by atoms with Crippen LogP contribution in [0.5, 0.6) is 5.75 Å². The van der Waals surface area contributed by atoms with Crippen LogP contribution in [0.4, 0.5) is 4.39 Å². The molecule has 31 heavy (non-hydrogen) atoms. The van der Waals surface area contributed by atoms with Crippen molar-refractivity contribution in [1.82, 2.24) is 10.2 Å². The maximum absolute atomic E-state index is 14.1. The minimum atomic E-state index is -0.645. The highest BCUT2D eigenvalue weighted by Crippen LogP contribution is 2.38. The average Bonchev–Trinajstić information content (AvgIpc) is 2.72. The van der Waals surface area contributed by atoms with Crippen molar-refractivity contribution in [3.05, 3.63) is 65.0 Å². The molecule has 0 bridgehead atoms. The molecular weight excluding hydrogens is 395 g/mol. The topological polar surface area (TPSA) is 58.6 Å². The van der Waals surface area contributed by atoms with Gasteiger partial charge in [-0.1, -0.05) is 32.0 Å². The Hall–Kier alpha value is -2.89. The number of hydrogen-bond acceptors (Lipinski definition) is 3. The Morgan fingerprint density at radius 3 is 2.65 bits per heavy atom. The van der Waals surface area contributed by atoms with E-state index in [0.29, 0.717) is 25.3 Å². The van der Waals surface area contributed by atoms with E-state index in [0.717, 1.165) is 23.1 Å². The molecule has 0 unspecified atom stereocenters. The lowest BCUT2D eigenvalue weighted by atomic mass is 9.87. The Bertz CT molecular complexity index is 944. The third-order valence-corrected chi connectivity index (χ3v) is 5.45. The molecule has 1 aliphatic heterocycles. The number of carbonyl (C=O) groups excluding carboxylic acids is 2. The summed E-state index contributed by atoms with van der Waals surface area (Å²) >= 11 is 0. The van der Waals surface area contributed by atoms with E-state index in [4.69, 9.17) is 4.74 Å². The summed E-state index contributed by atoms with van der Waals surface area (Å²) in [6.45, 7) is 8.70. The maximum Gasteiger partial charge on any atom is 0.260 e. The summed E-state index contributed by atoms with van der Waals surface area (Å²) in [5.74, 6) is 0.317. The van der Waals surface area contributed by atoms with Gasteiger partial charge in [-0.3, -0.25) is 9.59 Å². The van der Waals surface area contributed by atoms with Crippen molar-refractivity contribution in [2.75, 3.05) is 13.1 Å². The predicted octanol–water partition coefficient (Wildman–Crippen LogP) is 4.25. The third kappa shape index (κ3) is 5.43. The fraction of sp³-hybridized carbons (Fsp3) is 0.440. The lowest BCUT2D eigenvalue weighted by Crippen LogP contribution is -2.41. The molecule has 0 aliphatic carbocycles. The summed E-state index contributed by atoms with van der Waals surface area (Å²) in [5, 5.41) is 2.75. The van der Waals surface area contributed by atoms with E-state index in [1.54, 1.807) is 13.0 Å². The molecule has 1 N–H and O–H groups in total. The Balaban J connectivity index is 1.99. The monoisotopic (exact) mass is 426 g/mol. The number of benzene rings is 2. The fourth-order valence-corrected chi connectivity index (χ4v) is 4.01. The van der Waals surface area contributed by atoms with Crippen molar-refractivity contribution in [3.8, 4) is 5.75 Å². The third-order valence-electron chi connectivity index (χ3n) is 5.45. The number of rotatable bonds is 7. The molecule has 0 aromatic heterocycles. The largest absolute Gasteiger partial charge is 0.481 e. The Labute approximate surface area is 183 Å². The number of amides is 2. The molecule has 166 valence electrons. The Morgan fingerprint density at radius 1 is 1.19 bits per heavy atom. The van der Waals surface area contributed by atoms with Crippen molar-refractivity contribution < 1.29 is 18.7 Å². The first-order valence-electron chi connectivity index (χ1n) is 10.9. The minimum Gasteiger partial charge on any atom is -0.481 e. The Morgan fingerprint density at radius 2 is 1.97 bits per heavy atom. The Kier molecular flexibility index (Phi) is 7.31. The molecule has 5 nitrogen and oxygen atoms in total. The van der Waals surface area contributed by atoms with Gasteiger partial charge in [0, 0.05) is 19.5 Å². The van der Waals surface area contributed by atoms with Crippen molar-refractivity contribution >= 4 is 11.8 Å². The van der Waals surface area contributed by atoms with Gasteiger partial charge in [0.05, 0.1) is 6.04 Å². The summed E-state index contributed by atoms with van der Waals surface area (Å²) in [4.78, 5) is 27.0. The molecule has 1 heterocycles. The molecule has 3 rings (SSSR count). The highest BCUT2D eigenvalue weighted by atomic mass is 19.1. The van der Waals surface area contributed by atoms with Gasteiger partial charge in [0.1, 0.15) is 11.6 Å². The molecular formula is C25H31FN2O3. The second kappa shape index (κ2) is 9.94. The van der Waals surface area contributed by atoms with Crippen molar-refractivity contribution in [2.24, 2.45) is 5.92 Å². The normalized spacial score (nSPS) is 16.6. The van der Waals surface area contributed by atoms with E-state index in [1.807, 2.05) is 49.9 Å². The quantitative estimate of drug-likeness (QED) is 0.720. The standard InChI is InChI=1S/C25H31FN2O3/c1-5-27-25(30)17(4)31-21-10-9-18-11-12-28(23(29)13-16(2)3)24(22(18)15-21)19-7-6-8-20(26)14-19/h6-10,14-17,24H,5,11-13H2,1-4H3,(H,27,30)/t17-,24-/m1/s1. The molecule has 2 amide bonds. The molecule has 0 fully saturated rings. The summed E-state index contributed by atoms with van der Waals surface area (Å²) in [7, 11) is 0. The molecule has 2 aromatic rings. The lowest BCUT2D eigenvalue weighted by Gasteiger charge is -2.38. The summed E-state index contributed by atoms with van der Waals surface area (Å²) in [5.41, 5.74) is 2.74. The van der Waals surface area contributed by atoms with Crippen LogP contribution < -0.4 is 10.1 Å². The molecule has 6 heteroatoms. The van der Waals surface area contributed by atoms with Gasteiger partial charge in [0.25, 0.3) is 5.91 Å². The predicted molar refractivity (Wildman–Crippen MR) is 118 cm³/mol. The van der Waals surface area contributed by atoms with Gasteiger partial charge in [-0.15, -0.1) is 0 Å². The SMILES string of the molecule is CCNC(=O)[C@@H](C)Oc1ccc2c(c1)[C@@H](c1cccc(F)c1)N(C(=O)CC(C)C)CC2. The fourth-order valence-electron chi connectivity index (χ4n) is 4.01. The average molecular weight is 427 g/mol. The molecule has 0 saturated carbocycles. The van der Waals surface area contributed by atoms with Crippen molar-refractivity contribution in [1.29, 1.82) is 0 Å². The summed E-state index contributed by atoms with van der Waals surface area (Å²) in [6, 6.07) is 11.7. The van der Waals surface area contributed by atoms with E-state index < -0.39 is 12.1 Å². The highest BCUT2D eigenvalue weighted by Gasteiger charge is 2.33. The lowest BCUT2D eigenvalue weighted by molar-refractivity contribution is -0.134. The second-order valence-corrected chi connectivity index (χ2v) is 8.41. The first-order valence-corrected chi connectivity index (χ1v) is 10.9. The van der Waals surface area contributed by atoms with Gasteiger partial charge in [0.15, 0.2) is 6.10 Å². The smallest absolute Gasteiger partial charge is 0.260 e. The molecule has 2 atom stereocenters. The van der Waals surface area contributed by atoms with Crippen LogP contribution >= 0.6 is 0 Å². The zero-order chi connectivity index (χ0) is 22.5. The number of carbonyl (C=O) groups is 2. The maximum atomic E-state index is 14.1. The number of nitrogens with zero attached hydrogens (tertiary/aromatic N) is 1. The number of hydrogen-bond donors (Lipinski definition) is 1. The van der Waals surface area contributed by atoms with Gasteiger partial charge in [0.2, 0.25) is 5.91 Å². The first kappa shape index (κ1) is 22.8. The van der Waals surface area contributed by atoms with Crippen LogP contribution in [-0.2, 0) is 16.0 Å². The number of ether oxygens (including phenoxy) is 1. The van der Waals surface area contributed by atoms with Crippen molar-refractivity contribution in [3.63, 3.8) is 0 Å². The number of nitrogens with one attached hydrogen (secondary N) is 1. The van der Waals surface area contributed by atoms with Crippen LogP contribution in [-0.4, -0.2) is 35.9 Å². The summed E-state index contributed by atoms with van der Waals surface area (Å²) < 4.78 is 19.9. The number of fused-ring (bicyclic) bond motifs is 1. The first-order chi connectivity index (χ1) is 14.8. The van der Waals surface area contributed by atoms with Gasteiger partial charge in [-0.25, -0.2) is 4.39 Å². The highest BCUT2D eigenvalue weighted by molar-refractivity contribution is 5.80. The van der Waals surface area contributed by atoms with Crippen LogP contribution in [0, 0.1) is 11.7 Å². The van der Waals surface area contributed by atoms with Crippen LogP contribution in [0.1, 0.15) is 56.8 Å². The zero-order valence-electron chi connectivity index (χ0n) is 18.7. The van der Waals surface area contributed by atoms with E-state index in [1.165, 1.54) is 12.1 Å². The number of likely N-dealkylation sites (N-methyl/N-ethyl adjacent to an activating group) is 1. The van der Waals surface area contributed by atoms with E-state index >= 15 is 0 Å². The van der Waals surface area contributed by atoms with E-state index in [2.05, 4.69) is 5.32 Å². The van der Waals surface area contributed by atoms with Gasteiger partial charge in [-0.2, -0.15) is 0 Å². The number of halogens is 1. The zero-order valence-corrected chi connectivity index (χ0v) is 18.7. The molecule has 1 aliphatic rings. The van der Waals surface area contributed by atoms with Gasteiger partial charge >= 0.3 is 0 Å². The van der Waals surface area contributed by atoms with Crippen molar-refractivity contribution in [2.45, 2.75) is 52.7 Å². The van der Waals surface area contributed by atoms with Gasteiger partial charge in [-0.05, 0) is 67.1 Å². The van der Waals surface area contributed by atoms with Crippen LogP contribution in [0.3, 0.4) is 0 Å². The molecule has 0 radical (unpaired) electrons. The van der Waals surface area contributed by atoms with E-state index in [9.17, 15) is 14.0 Å². The molecule has 0 spiro atoms. The van der Waals surface area contributed by atoms with Crippen LogP contribution in [0.15, 0.2) is 42.5 Å². The van der Waals surface area contributed by atoms with Crippen LogP contribution in [0.25, 0.3) is 0 Å². The van der Waals surface area contributed by atoms with Gasteiger partial charge < -0.3 is 15.0 Å². The molecule has 2 aromatic carbocycles. The van der Waals surface area contributed by atoms with Crippen LogP contribution in [0.2, 0.25) is 0 Å².